The van der Waals surface area contributed by atoms with Gasteiger partial charge in [0.2, 0.25) is 5.91 Å². The van der Waals surface area contributed by atoms with Crippen LogP contribution in [0.4, 0.5) is 0 Å². The number of rotatable bonds is 4. The van der Waals surface area contributed by atoms with Gasteiger partial charge in [0, 0.05) is 12.1 Å². The average Bonchev–Trinajstić information content (AvgIpc) is 3.15. The quantitative estimate of drug-likeness (QED) is 0.849. The second-order valence-electron chi connectivity index (χ2n) is 5.00. The molecule has 2 atom stereocenters. The van der Waals surface area contributed by atoms with Crippen molar-refractivity contribution in [2.75, 3.05) is 13.2 Å². The molecule has 1 N–H and O–H groups in total. The Kier molecular flexibility index (Phi) is 3.16. The lowest BCUT2D eigenvalue weighted by Crippen LogP contribution is -2.35. The highest BCUT2D eigenvalue weighted by Crippen LogP contribution is 2.36. The van der Waals surface area contributed by atoms with Gasteiger partial charge in [-0.1, -0.05) is 18.2 Å². The van der Waals surface area contributed by atoms with E-state index >= 15 is 0 Å². The Balaban J connectivity index is 1.60. The van der Waals surface area contributed by atoms with E-state index in [0.717, 1.165) is 11.3 Å². The lowest BCUT2D eigenvalue weighted by Gasteiger charge is -2.13. The fourth-order valence-corrected chi connectivity index (χ4v) is 2.65. The van der Waals surface area contributed by atoms with Crippen LogP contribution in [-0.2, 0) is 4.79 Å². The van der Waals surface area contributed by atoms with E-state index in [2.05, 4.69) is 5.32 Å². The van der Waals surface area contributed by atoms with E-state index in [4.69, 9.17) is 16.3 Å². The molecule has 1 saturated carbocycles. The number of para-hydroxylation sites is 1. The predicted molar refractivity (Wildman–Crippen MR) is 70.1 cm³/mol. The average molecular weight is 266 g/mol. The number of ether oxygens (including phenoxy) is 1. The molecule has 2 unspecified atom stereocenters. The summed E-state index contributed by atoms with van der Waals surface area (Å²) in [6.45, 7) is 0.991. The Bertz CT molecular complexity index is 459. The number of nitrogens with one attached hydrogen (secondary N) is 1. The summed E-state index contributed by atoms with van der Waals surface area (Å²) in [5, 5.41) is 3.01. The van der Waals surface area contributed by atoms with E-state index in [1.165, 1.54) is 12.8 Å². The van der Waals surface area contributed by atoms with Gasteiger partial charge in [0.05, 0.1) is 5.38 Å². The third kappa shape index (κ3) is 2.32. The van der Waals surface area contributed by atoms with Crippen molar-refractivity contribution in [3.63, 3.8) is 0 Å². The van der Waals surface area contributed by atoms with E-state index < -0.39 is 0 Å². The Labute approximate surface area is 111 Å². The third-order valence-electron chi connectivity index (χ3n) is 3.62. The molecule has 4 heteroatoms. The predicted octanol–water partition coefficient (Wildman–Crippen LogP) is 2.30. The summed E-state index contributed by atoms with van der Waals surface area (Å²) in [6.07, 6.45) is 2.39. The Morgan fingerprint density at radius 1 is 1.44 bits per heavy atom. The number of benzene rings is 1. The molecule has 2 aliphatic rings. The zero-order chi connectivity index (χ0) is 12.5. The van der Waals surface area contributed by atoms with Crippen LogP contribution in [0.3, 0.4) is 0 Å². The standard InChI is InChI=1S/C14H16ClNO2/c15-12(9-5-6-9)7-16-14(17)11-8-18-13-4-2-1-3-10(11)13/h1-4,9,11-12H,5-8H2,(H,16,17). The molecule has 1 aromatic rings. The molecule has 3 nitrogen and oxygen atoms in total. The number of halogens is 1. The zero-order valence-electron chi connectivity index (χ0n) is 10.1. The van der Waals surface area contributed by atoms with Crippen molar-refractivity contribution in [1.29, 1.82) is 0 Å². The van der Waals surface area contributed by atoms with Gasteiger partial charge in [-0.25, -0.2) is 0 Å². The van der Waals surface area contributed by atoms with Gasteiger partial charge in [-0.05, 0) is 24.8 Å². The largest absolute Gasteiger partial charge is 0.492 e. The van der Waals surface area contributed by atoms with Gasteiger partial charge >= 0.3 is 0 Å². The van der Waals surface area contributed by atoms with Crippen LogP contribution in [0.5, 0.6) is 5.75 Å². The Hall–Kier alpha value is -1.22. The second-order valence-corrected chi connectivity index (χ2v) is 5.56. The first-order valence-electron chi connectivity index (χ1n) is 6.39. The zero-order valence-corrected chi connectivity index (χ0v) is 10.8. The Morgan fingerprint density at radius 3 is 3.00 bits per heavy atom. The molecule has 1 amide bonds. The smallest absolute Gasteiger partial charge is 0.231 e. The minimum Gasteiger partial charge on any atom is -0.492 e. The van der Waals surface area contributed by atoms with Crippen LogP contribution in [0.25, 0.3) is 0 Å². The molecule has 1 fully saturated rings. The summed E-state index contributed by atoms with van der Waals surface area (Å²) in [5.41, 5.74) is 0.979. The summed E-state index contributed by atoms with van der Waals surface area (Å²) in [4.78, 5) is 12.1. The Morgan fingerprint density at radius 2 is 2.22 bits per heavy atom. The maximum Gasteiger partial charge on any atom is 0.231 e. The molecule has 1 aliphatic carbocycles. The number of carbonyl (C=O) groups is 1. The van der Waals surface area contributed by atoms with Gasteiger partial charge < -0.3 is 10.1 Å². The summed E-state index contributed by atoms with van der Waals surface area (Å²) >= 11 is 6.18. The van der Waals surface area contributed by atoms with E-state index in [0.29, 0.717) is 19.1 Å². The third-order valence-corrected chi connectivity index (χ3v) is 4.13. The first kappa shape index (κ1) is 11.8. The molecule has 0 saturated heterocycles. The summed E-state index contributed by atoms with van der Waals surface area (Å²) in [7, 11) is 0. The highest BCUT2D eigenvalue weighted by Gasteiger charge is 2.33. The fourth-order valence-electron chi connectivity index (χ4n) is 2.33. The van der Waals surface area contributed by atoms with E-state index in [-0.39, 0.29) is 17.2 Å². The molecule has 0 spiro atoms. The lowest BCUT2D eigenvalue weighted by atomic mass is 10.0. The number of alkyl halides is 1. The summed E-state index contributed by atoms with van der Waals surface area (Å²) in [5.74, 6) is 1.25. The van der Waals surface area contributed by atoms with Gasteiger partial charge in [-0.2, -0.15) is 0 Å². The van der Waals surface area contributed by atoms with E-state index in [1.807, 2.05) is 24.3 Å². The lowest BCUT2D eigenvalue weighted by molar-refractivity contribution is -0.122. The van der Waals surface area contributed by atoms with Crippen LogP contribution in [-0.4, -0.2) is 24.4 Å². The molecule has 1 heterocycles. The van der Waals surface area contributed by atoms with Crippen molar-refractivity contribution < 1.29 is 9.53 Å². The van der Waals surface area contributed by atoms with Crippen molar-refractivity contribution in [2.24, 2.45) is 5.92 Å². The number of amides is 1. The molecule has 0 bridgehead atoms. The highest BCUT2D eigenvalue weighted by atomic mass is 35.5. The van der Waals surface area contributed by atoms with Gasteiger partial charge in [-0.3, -0.25) is 4.79 Å². The summed E-state index contributed by atoms with van der Waals surface area (Å²) < 4.78 is 5.50. The minimum atomic E-state index is -0.190. The van der Waals surface area contributed by atoms with Gasteiger partial charge in [0.1, 0.15) is 18.3 Å². The van der Waals surface area contributed by atoms with Crippen LogP contribution in [0.1, 0.15) is 24.3 Å². The van der Waals surface area contributed by atoms with Gasteiger partial charge in [0.15, 0.2) is 0 Å². The van der Waals surface area contributed by atoms with E-state index in [1.54, 1.807) is 0 Å². The van der Waals surface area contributed by atoms with Gasteiger partial charge in [0.25, 0.3) is 0 Å². The molecular weight excluding hydrogens is 250 g/mol. The molecule has 1 aliphatic heterocycles. The highest BCUT2D eigenvalue weighted by molar-refractivity contribution is 6.21. The van der Waals surface area contributed by atoms with Crippen molar-refractivity contribution in [2.45, 2.75) is 24.1 Å². The first-order chi connectivity index (χ1) is 8.75. The van der Waals surface area contributed by atoms with Crippen molar-refractivity contribution in [3.05, 3.63) is 29.8 Å². The van der Waals surface area contributed by atoms with Crippen LogP contribution < -0.4 is 10.1 Å². The van der Waals surface area contributed by atoms with Crippen LogP contribution in [0.2, 0.25) is 0 Å². The van der Waals surface area contributed by atoms with Crippen molar-refractivity contribution >= 4 is 17.5 Å². The molecule has 0 aromatic heterocycles. The van der Waals surface area contributed by atoms with E-state index in [9.17, 15) is 4.79 Å². The van der Waals surface area contributed by atoms with Crippen LogP contribution >= 0.6 is 11.6 Å². The number of hydrogen-bond acceptors (Lipinski definition) is 2. The molecule has 0 radical (unpaired) electrons. The SMILES string of the molecule is O=C(NCC(Cl)C1CC1)C1COc2ccccc21. The topological polar surface area (TPSA) is 38.3 Å². The van der Waals surface area contributed by atoms with Crippen molar-refractivity contribution in [3.8, 4) is 5.75 Å². The molecule has 1 aromatic carbocycles. The number of hydrogen-bond donors (Lipinski definition) is 1. The number of fused-ring (bicyclic) bond motifs is 1. The summed E-state index contributed by atoms with van der Waals surface area (Å²) in [6, 6.07) is 7.70. The normalized spacial score (nSPS) is 23.1. The molecular formula is C14H16ClNO2. The van der Waals surface area contributed by atoms with Crippen LogP contribution in [0, 0.1) is 5.92 Å². The molecule has 18 heavy (non-hydrogen) atoms. The second kappa shape index (κ2) is 4.81. The van der Waals surface area contributed by atoms with Crippen molar-refractivity contribution in [1.82, 2.24) is 5.32 Å². The number of carbonyl (C=O) groups excluding carboxylic acids is 1. The first-order valence-corrected chi connectivity index (χ1v) is 6.83. The molecule has 96 valence electrons. The van der Waals surface area contributed by atoms with Crippen LogP contribution in [0.15, 0.2) is 24.3 Å². The van der Waals surface area contributed by atoms with Gasteiger partial charge in [-0.15, -0.1) is 11.6 Å². The monoisotopic (exact) mass is 265 g/mol. The fraction of sp³-hybridized carbons (Fsp3) is 0.500. The maximum absolute atomic E-state index is 12.1. The molecule has 3 rings (SSSR count). The minimum absolute atomic E-state index is 0.0197. The maximum atomic E-state index is 12.1.